The van der Waals surface area contributed by atoms with E-state index in [-0.39, 0.29) is 0 Å². The molecule has 0 bridgehead atoms. The molecule has 3 nitrogen and oxygen atoms in total. The number of nitrogens with zero attached hydrogens (tertiary/aromatic N) is 2. The third-order valence-electron chi connectivity index (χ3n) is 4.23. The highest BCUT2D eigenvalue weighted by molar-refractivity contribution is 5.93. The van der Waals surface area contributed by atoms with Crippen LogP contribution in [0, 0.1) is 0 Å². The summed E-state index contributed by atoms with van der Waals surface area (Å²) < 4.78 is 0. The first kappa shape index (κ1) is 13.4. The molecule has 1 saturated heterocycles. The van der Waals surface area contributed by atoms with Gasteiger partial charge in [-0.15, -0.1) is 0 Å². The summed E-state index contributed by atoms with van der Waals surface area (Å²) in [5.41, 5.74) is 1.33. The van der Waals surface area contributed by atoms with E-state index in [9.17, 15) is 0 Å². The quantitative estimate of drug-likeness (QED) is 0.861. The van der Waals surface area contributed by atoms with E-state index in [1.807, 2.05) is 12.4 Å². The van der Waals surface area contributed by atoms with E-state index in [4.69, 9.17) is 0 Å². The molecule has 20 heavy (non-hydrogen) atoms. The van der Waals surface area contributed by atoms with Gasteiger partial charge in [0, 0.05) is 48.6 Å². The van der Waals surface area contributed by atoms with Crippen LogP contribution in [0.25, 0.3) is 10.8 Å². The maximum absolute atomic E-state index is 4.30. The fourth-order valence-electron chi connectivity index (χ4n) is 3.08. The fraction of sp³-hybridized carbons (Fsp3) is 0.471. The Morgan fingerprint density at radius 3 is 2.60 bits per heavy atom. The van der Waals surface area contributed by atoms with E-state index >= 15 is 0 Å². The first-order valence-corrected chi connectivity index (χ1v) is 7.58. The second-order valence-electron chi connectivity index (χ2n) is 5.91. The Morgan fingerprint density at radius 2 is 1.85 bits per heavy atom. The molecule has 3 heteroatoms. The Labute approximate surface area is 121 Å². The van der Waals surface area contributed by atoms with Crippen LogP contribution < -0.4 is 10.2 Å². The molecule has 2 unspecified atom stereocenters. The lowest BCUT2D eigenvalue weighted by molar-refractivity contribution is 0.404. The van der Waals surface area contributed by atoms with Crippen LogP contribution in [-0.2, 0) is 0 Å². The lowest BCUT2D eigenvalue weighted by atomic mass is 10.1. The molecule has 1 aliphatic heterocycles. The first-order chi connectivity index (χ1) is 9.74. The van der Waals surface area contributed by atoms with Gasteiger partial charge in [-0.05, 0) is 44.2 Å². The Hall–Kier alpha value is -1.61. The zero-order chi connectivity index (χ0) is 13.9. The zero-order valence-electron chi connectivity index (χ0n) is 12.3. The molecule has 2 heterocycles. The Bertz CT molecular complexity index is 564. The van der Waals surface area contributed by atoms with Crippen LogP contribution in [-0.4, -0.2) is 30.2 Å². The third kappa shape index (κ3) is 2.78. The molecular formula is C17H23N3. The second-order valence-corrected chi connectivity index (χ2v) is 5.91. The number of rotatable bonds is 1. The fourth-order valence-corrected chi connectivity index (χ4v) is 3.08. The molecule has 1 fully saturated rings. The predicted molar refractivity (Wildman–Crippen MR) is 85.2 cm³/mol. The summed E-state index contributed by atoms with van der Waals surface area (Å²) in [6.45, 7) is 6.78. The summed E-state index contributed by atoms with van der Waals surface area (Å²) in [6, 6.07) is 9.81. The van der Waals surface area contributed by atoms with Crippen molar-refractivity contribution < 1.29 is 0 Å². The number of pyridine rings is 1. The molecule has 0 radical (unpaired) electrons. The minimum Gasteiger partial charge on any atom is -0.371 e. The largest absolute Gasteiger partial charge is 0.371 e. The van der Waals surface area contributed by atoms with Crippen LogP contribution in [0.4, 0.5) is 5.69 Å². The number of aromatic nitrogens is 1. The van der Waals surface area contributed by atoms with Gasteiger partial charge in [0.15, 0.2) is 0 Å². The monoisotopic (exact) mass is 269 g/mol. The van der Waals surface area contributed by atoms with Crippen molar-refractivity contribution in [1.29, 1.82) is 0 Å². The topological polar surface area (TPSA) is 28.2 Å². The van der Waals surface area contributed by atoms with Gasteiger partial charge in [-0.2, -0.15) is 0 Å². The lowest BCUT2D eigenvalue weighted by Gasteiger charge is -2.33. The molecule has 106 valence electrons. The van der Waals surface area contributed by atoms with Crippen LogP contribution >= 0.6 is 0 Å². The molecule has 0 spiro atoms. The van der Waals surface area contributed by atoms with Crippen LogP contribution in [0.5, 0.6) is 0 Å². The lowest BCUT2D eigenvalue weighted by Crippen LogP contribution is -2.43. The van der Waals surface area contributed by atoms with Gasteiger partial charge in [0.25, 0.3) is 0 Å². The molecule has 0 aliphatic carbocycles. The van der Waals surface area contributed by atoms with E-state index in [0.29, 0.717) is 12.1 Å². The van der Waals surface area contributed by atoms with E-state index in [1.165, 1.54) is 29.3 Å². The molecule has 1 aromatic carbocycles. The van der Waals surface area contributed by atoms with Crippen molar-refractivity contribution in [2.75, 3.05) is 18.0 Å². The van der Waals surface area contributed by atoms with Crippen LogP contribution in [0.2, 0.25) is 0 Å². The molecule has 0 saturated carbocycles. The molecular weight excluding hydrogens is 246 g/mol. The van der Waals surface area contributed by atoms with Crippen molar-refractivity contribution in [3.63, 3.8) is 0 Å². The normalized spacial score (nSPS) is 24.4. The average Bonchev–Trinajstić information content (AvgIpc) is 2.45. The number of anilines is 1. The van der Waals surface area contributed by atoms with Crippen molar-refractivity contribution in [1.82, 2.24) is 10.3 Å². The summed E-state index contributed by atoms with van der Waals surface area (Å²) in [5, 5.41) is 6.20. The minimum atomic E-state index is 0.584. The molecule has 1 aromatic heterocycles. The van der Waals surface area contributed by atoms with Crippen molar-refractivity contribution in [2.45, 2.75) is 38.8 Å². The molecule has 0 amide bonds. The summed E-state index contributed by atoms with van der Waals surface area (Å²) in [7, 11) is 0. The smallest absolute Gasteiger partial charge is 0.0461 e. The van der Waals surface area contributed by atoms with Crippen LogP contribution in [0.15, 0.2) is 36.7 Å². The summed E-state index contributed by atoms with van der Waals surface area (Å²) in [4.78, 5) is 6.83. The third-order valence-corrected chi connectivity index (χ3v) is 4.23. The van der Waals surface area contributed by atoms with Gasteiger partial charge >= 0.3 is 0 Å². The summed E-state index contributed by atoms with van der Waals surface area (Å²) in [5.74, 6) is 0. The Balaban J connectivity index is 1.93. The first-order valence-electron chi connectivity index (χ1n) is 7.58. The van der Waals surface area contributed by atoms with Crippen molar-refractivity contribution in [3.05, 3.63) is 36.7 Å². The number of fused-ring (bicyclic) bond motifs is 1. The van der Waals surface area contributed by atoms with E-state index in [2.05, 4.69) is 53.3 Å². The molecule has 2 atom stereocenters. The van der Waals surface area contributed by atoms with Crippen LogP contribution in [0.3, 0.4) is 0 Å². The van der Waals surface area contributed by atoms with Gasteiger partial charge in [-0.25, -0.2) is 0 Å². The highest BCUT2D eigenvalue weighted by Crippen LogP contribution is 2.27. The number of nitrogens with one attached hydrogen (secondary N) is 1. The maximum Gasteiger partial charge on any atom is 0.0461 e. The van der Waals surface area contributed by atoms with Gasteiger partial charge in [0.1, 0.15) is 0 Å². The predicted octanol–water partition coefficient (Wildman–Crippen LogP) is 3.20. The second kappa shape index (κ2) is 5.80. The zero-order valence-corrected chi connectivity index (χ0v) is 12.3. The van der Waals surface area contributed by atoms with Crippen molar-refractivity contribution in [3.8, 4) is 0 Å². The van der Waals surface area contributed by atoms with Gasteiger partial charge < -0.3 is 10.2 Å². The standard InChI is InChI=1S/C17H23N3/c1-13-7-10-20(11-8-14(2)19-13)17-5-3-4-15-6-9-18-12-16(15)17/h3-6,9,12-14,19H,7-8,10-11H2,1-2H3. The number of benzene rings is 1. The number of hydrogen-bond donors (Lipinski definition) is 1. The SMILES string of the molecule is CC1CCN(c2cccc3ccncc23)CCC(C)N1. The molecule has 1 N–H and O–H groups in total. The van der Waals surface area contributed by atoms with Gasteiger partial charge in [0.05, 0.1) is 0 Å². The molecule has 3 rings (SSSR count). The Morgan fingerprint density at radius 1 is 1.10 bits per heavy atom. The summed E-state index contributed by atoms with van der Waals surface area (Å²) >= 11 is 0. The molecule has 2 aromatic rings. The van der Waals surface area contributed by atoms with Gasteiger partial charge in [0.2, 0.25) is 0 Å². The summed E-state index contributed by atoms with van der Waals surface area (Å²) in [6.07, 6.45) is 6.23. The van der Waals surface area contributed by atoms with E-state index < -0.39 is 0 Å². The maximum atomic E-state index is 4.30. The van der Waals surface area contributed by atoms with Crippen molar-refractivity contribution >= 4 is 16.5 Å². The van der Waals surface area contributed by atoms with E-state index in [1.54, 1.807) is 0 Å². The highest BCUT2D eigenvalue weighted by atomic mass is 15.1. The van der Waals surface area contributed by atoms with Crippen LogP contribution in [0.1, 0.15) is 26.7 Å². The minimum absolute atomic E-state index is 0.584. The van der Waals surface area contributed by atoms with Crippen molar-refractivity contribution in [2.24, 2.45) is 0 Å². The van der Waals surface area contributed by atoms with Gasteiger partial charge in [-0.3, -0.25) is 4.98 Å². The van der Waals surface area contributed by atoms with E-state index in [0.717, 1.165) is 13.1 Å². The highest BCUT2D eigenvalue weighted by Gasteiger charge is 2.17. The van der Waals surface area contributed by atoms with Gasteiger partial charge in [-0.1, -0.05) is 12.1 Å². The Kier molecular flexibility index (Phi) is 3.88. The average molecular weight is 269 g/mol. The number of hydrogen-bond acceptors (Lipinski definition) is 3. The molecule has 1 aliphatic rings.